The molecule has 1 aromatic carbocycles. The van der Waals surface area contributed by atoms with Gasteiger partial charge in [0, 0.05) is 29.7 Å². The standard InChI is InChI=1S/C22H23N3O2/c26-22(21-6-3-11-25(21)17-7-8-17)24-20-14-27-13-16(20)12-15-9-10-23-19-5-2-1-4-18(15)19/h1-6,9-11,16-17,20H,7-8,12-14H2,(H,24,26)/t16-,20+/m1/s1. The van der Waals surface area contributed by atoms with Gasteiger partial charge in [-0.25, -0.2) is 0 Å². The molecule has 0 spiro atoms. The number of carbonyl (C=O) groups excluding carboxylic acids is 1. The van der Waals surface area contributed by atoms with Crippen molar-refractivity contribution in [1.29, 1.82) is 0 Å². The topological polar surface area (TPSA) is 56.1 Å². The van der Waals surface area contributed by atoms with E-state index in [0.29, 0.717) is 19.3 Å². The van der Waals surface area contributed by atoms with E-state index in [4.69, 9.17) is 4.74 Å². The first-order chi connectivity index (χ1) is 13.3. The zero-order chi connectivity index (χ0) is 18.2. The summed E-state index contributed by atoms with van der Waals surface area (Å²) in [6, 6.07) is 14.7. The molecule has 1 saturated carbocycles. The van der Waals surface area contributed by atoms with Crippen LogP contribution in [0.15, 0.2) is 54.9 Å². The Labute approximate surface area is 158 Å². The Balaban J connectivity index is 1.33. The number of carbonyl (C=O) groups is 1. The van der Waals surface area contributed by atoms with Crippen molar-refractivity contribution in [2.24, 2.45) is 5.92 Å². The van der Waals surface area contributed by atoms with Gasteiger partial charge in [-0.1, -0.05) is 18.2 Å². The molecule has 0 unspecified atom stereocenters. The number of nitrogens with one attached hydrogen (secondary N) is 1. The molecule has 2 fully saturated rings. The summed E-state index contributed by atoms with van der Waals surface area (Å²) in [4.78, 5) is 17.3. The highest BCUT2D eigenvalue weighted by atomic mass is 16.5. The van der Waals surface area contributed by atoms with Crippen LogP contribution in [-0.4, -0.2) is 34.7 Å². The summed E-state index contributed by atoms with van der Waals surface area (Å²) >= 11 is 0. The van der Waals surface area contributed by atoms with Crippen LogP contribution in [0.25, 0.3) is 10.9 Å². The van der Waals surface area contributed by atoms with E-state index in [9.17, 15) is 4.79 Å². The van der Waals surface area contributed by atoms with Gasteiger partial charge in [0.25, 0.3) is 5.91 Å². The third-order valence-electron chi connectivity index (χ3n) is 5.69. The van der Waals surface area contributed by atoms with Crippen molar-refractivity contribution in [3.8, 4) is 0 Å². The second-order valence-corrected chi connectivity index (χ2v) is 7.60. The number of fused-ring (bicyclic) bond motifs is 1. The Morgan fingerprint density at radius 1 is 1.15 bits per heavy atom. The molecule has 3 aromatic rings. The maximum absolute atomic E-state index is 12.8. The Morgan fingerprint density at radius 2 is 2.04 bits per heavy atom. The van der Waals surface area contributed by atoms with E-state index in [-0.39, 0.29) is 17.9 Å². The third kappa shape index (κ3) is 3.23. The number of nitrogens with zero attached hydrogens (tertiary/aromatic N) is 2. The van der Waals surface area contributed by atoms with Gasteiger partial charge in [0.15, 0.2) is 0 Å². The fraction of sp³-hybridized carbons (Fsp3) is 0.364. The summed E-state index contributed by atoms with van der Waals surface area (Å²) < 4.78 is 7.83. The first-order valence-electron chi connectivity index (χ1n) is 9.67. The van der Waals surface area contributed by atoms with Crippen LogP contribution in [0.3, 0.4) is 0 Å². The minimum absolute atomic E-state index is 0.00647. The quantitative estimate of drug-likeness (QED) is 0.758. The molecule has 2 aromatic heterocycles. The molecule has 5 nitrogen and oxygen atoms in total. The molecule has 5 rings (SSSR count). The molecular formula is C22H23N3O2. The van der Waals surface area contributed by atoms with Crippen molar-refractivity contribution in [1.82, 2.24) is 14.9 Å². The summed E-state index contributed by atoms with van der Waals surface area (Å²) in [5.74, 6) is 0.274. The van der Waals surface area contributed by atoms with Gasteiger partial charge < -0.3 is 14.6 Å². The lowest BCUT2D eigenvalue weighted by Gasteiger charge is -2.20. The van der Waals surface area contributed by atoms with E-state index in [0.717, 1.165) is 17.6 Å². The van der Waals surface area contributed by atoms with Gasteiger partial charge >= 0.3 is 0 Å². The molecule has 3 heterocycles. The second-order valence-electron chi connectivity index (χ2n) is 7.60. The van der Waals surface area contributed by atoms with Gasteiger partial charge in [-0.05, 0) is 49.1 Å². The maximum Gasteiger partial charge on any atom is 0.268 e. The van der Waals surface area contributed by atoms with Gasteiger partial charge in [-0.2, -0.15) is 0 Å². The lowest BCUT2D eigenvalue weighted by molar-refractivity contribution is 0.0915. The van der Waals surface area contributed by atoms with Gasteiger partial charge in [-0.15, -0.1) is 0 Å². The van der Waals surface area contributed by atoms with Gasteiger partial charge in [0.2, 0.25) is 0 Å². The number of hydrogen-bond acceptors (Lipinski definition) is 3. The Morgan fingerprint density at radius 3 is 2.93 bits per heavy atom. The van der Waals surface area contributed by atoms with Crippen molar-refractivity contribution in [2.45, 2.75) is 31.3 Å². The number of amides is 1. The lowest BCUT2D eigenvalue weighted by Crippen LogP contribution is -2.41. The predicted octanol–water partition coefficient (Wildman–Crippen LogP) is 3.36. The number of rotatable bonds is 5. The first kappa shape index (κ1) is 16.5. The summed E-state index contributed by atoms with van der Waals surface area (Å²) in [5.41, 5.74) is 3.03. The highest BCUT2D eigenvalue weighted by molar-refractivity contribution is 5.93. The molecule has 1 saturated heterocycles. The van der Waals surface area contributed by atoms with Gasteiger partial charge in [0.1, 0.15) is 5.69 Å². The number of aromatic nitrogens is 2. The monoisotopic (exact) mass is 361 g/mol. The molecule has 1 N–H and O–H groups in total. The third-order valence-corrected chi connectivity index (χ3v) is 5.69. The molecule has 1 aliphatic heterocycles. The Kier molecular flexibility index (Phi) is 4.17. The summed E-state index contributed by atoms with van der Waals surface area (Å²) in [6.45, 7) is 1.24. The number of pyridine rings is 1. The molecule has 1 amide bonds. The average molecular weight is 361 g/mol. The fourth-order valence-corrected chi connectivity index (χ4v) is 4.07. The van der Waals surface area contributed by atoms with Crippen LogP contribution < -0.4 is 5.32 Å². The van der Waals surface area contributed by atoms with E-state index in [1.807, 2.05) is 42.7 Å². The predicted molar refractivity (Wildman–Crippen MR) is 104 cm³/mol. The van der Waals surface area contributed by atoms with Crippen LogP contribution in [0.2, 0.25) is 0 Å². The van der Waals surface area contributed by atoms with Gasteiger partial charge in [-0.3, -0.25) is 9.78 Å². The Hall–Kier alpha value is -2.66. The normalized spacial score (nSPS) is 22.2. The first-order valence-corrected chi connectivity index (χ1v) is 9.67. The van der Waals surface area contributed by atoms with Crippen molar-refractivity contribution < 1.29 is 9.53 Å². The van der Waals surface area contributed by atoms with Crippen molar-refractivity contribution >= 4 is 16.8 Å². The second kappa shape index (κ2) is 6.82. The molecule has 5 heteroatoms. The van der Waals surface area contributed by atoms with Crippen LogP contribution in [0, 0.1) is 5.92 Å². The Bertz CT molecular complexity index is 971. The van der Waals surface area contributed by atoms with Crippen LogP contribution in [0.5, 0.6) is 0 Å². The van der Waals surface area contributed by atoms with Crippen LogP contribution >= 0.6 is 0 Å². The molecular weight excluding hydrogens is 338 g/mol. The zero-order valence-corrected chi connectivity index (χ0v) is 15.2. The molecule has 0 radical (unpaired) electrons. The maximum atomic E-state index is 12.8. The molecule has 1 aliphatic carbocycles. The number of hydrogen-bond donors (Lipinski definition) is 1. The molecule has 27 heavy (non-hydrogen) atoms. The average Bonchev–Trinajstić information content (AvgIpc) is 3.25. The fourth-order valence-electron chi connectivity index (χ4n) is 4.07. The molecule has 2 aliphatic rings. The number of ether oxygens (including phenoxy) is 1. The number of benzene rings is 1. The van der Waals surface area contributed by atoms with E-state index in [1.165, 1.54) is 23.8 Å². The van der Waals surface area contributed by atoms with E-state index in [2.05, 4.69) is 27.0 Å². The molecule has 2 atom stereocenters. The highest BCUT2D eigenvalue weighted by Gasteiger charge is 2.32. The number of para-hydroxylation sites is 1. The molecule has 138 valence electrons. The van der Waals surface area contributed by atoms with E-state index < -0.39 is 0 Å². The summed E-state index contributed by atoms with van der Waals surface area (Å²) in [5, 5.41) is 4.40. The van der Waals surface area contributed by atoms with Crippen LogP contribution in [-0.2, 0) is 11.2 Å². The highest BCUT2D eigenvalue weighted by Crippen LogP contribution is 2.36. The smallest absolute Gasteiger partial charge is 0.268 e. The van der Waals surface area contributed by atoms with Crippen LogP contribution in [0.4, 0.5) is 0 Å². The van der Waals surface area contributed by atoms with Crippen molar-refractivity contribution in [2.75, 3.05) is 13.2 Å². The minimum atomic E-state index is 0.00647. The van der Waals surface area contributed by atoms with E-state index >= 15 is 0 Å². The SMILES string of the molecule is O=C(N[C@H]1COC[C@H]1Cc1ccnc2ccccc12)c1cccn1C1CC1. The van der Waals surface area contributed by atoms with E-state index in [1.54, 1.807) is 0 Å². The zero-order valence-electron chi connectivity index (χ0n) is 15.2. The van der Waals surface area contributed by atoms with Crippen molar-refractivity contribution in [3.05, 3.63) is 66.1 Å². The largest absolute Gasteiger partial charge is 0.379 e. The summed E-state index contributed by atoms with van der Waals surface area (Å²) in [6.07, 6.45) is 7.08. The molecule has 0 bridgehead atoms. The minimum Gasteiger partial charge on any atom is -0.379 e. The van der Waals surface area contributed by atoms with Crippen molar-refractivity contribution in [3.63, 3.8) is 0 Å². The summed E-state index contributed by atoms with van der Waals surface area (Å²) in [7, 11) is 0. The van der Waals surface area contributed by atoms with Gasteiger partial charge in [0.05, 0.1) is 24.8 Å². The van der Waals surface area contributed by atoms with Crippen LogP contribution in [0.1, 0.15) is 34.9 Å². The lowest BCUT2D eigenvalue weighted by atomic mass is 9.93.